The molecule has 218 valence electrons. The lowest BCUT2D eigenvalue weighted by atomic mass is 10.00. The summed E-state index contributed by atoms with van der Waals surface area (Å²) in [5.74, 6) is 1.74. The lowest BCUT2D eigenvalue weighted by Crippen LogP contribution is -2.47. The summed E-state index contributed by atoms with van der Waals surface area (Å²) in [6.45, 7) is 5.98. The Morgan fingerprint density at radius 2 is 1.50 bits per heavy atom. The van der Waals surface area contributed by atoms with Crippen LogP contribution in [0.25, 0.3) is 0 Å². The van der Waals surface area contributed by atoms with Crippen molar-refractivity contribution in [3.05, 3.63) is 53.6 Å². The van der Waals surface area contributed by atoms with E-state index in [1.54, 1.807) is 21.1 Å². The van der Waals surface area contributed by atoms with E-state index < -0.39 is 0 Å². The first-order valence-electron chi connectivity index (χ1n) is 15.1. The fraction of sp³-hybridized carbons (Fsp3) is 0.576. The Kier molecular flexibility index (Phi) is 11.3. The standard InChI is InChI=1S/C33H47N3O4/c1-26(37)36-21-11-7-5-4-6-10-20-35(25-28-12-8-9-13-30(28)36)29-18-22-34(23-19-29)33(38)17-15-27-14-16-31(39-2)32(24-27)40-3/h8-9,12-14,16,24,29H,4-7,10-11,15,17-23,25H2,1-3H3. The molecule has 0 radical (unpaired) electrons. The number of anilines is 1. The first-order valence-corrected chi connectivity index (χ1v) is 15.1. The van der Waals surface area contributed by atoms with Crippen LogP contribution in [-0.4, -0.2) is 68.1 Å². The third kappa shape index (κ3) is 8.00. The summed E-state index contributed by atoms with van der Waals surface area (Å²) in [5.41, 5.74) is 3.36. The molecule has 0 unspecified atom stereocenters. The molecule has 2 aromatic rings. The molecule has 40 heavy (non-hydrogen) atoms. The topological polar surface area (TPSA) is 62.3 Å². The number of ether oxygens (including phenoxy) is 2. The Labute approximate surface area is 240 Å². The van der Waals surface area contributed by atoms with Crippen LogP contribution < -0.4 is 14.4 Å². The summed E-state index contributed by atoms with van der Waals surface area (Å²) in [6.07, 6.45) is 10.3. The molecule has 0 saturated carbocycles. The Hall–Kier alpha value is -3.06. The van der Waals surface area contributed by atoms with Gasteiger partial charge in [-0.1, -0.05) is 49.9 Å². The minimum Gasteiger partial charge on any atom is -0.493 e. The molecule has 2 aliphatic heterocycles. The van der Waals surface area contributed by atoms with E-state index in [0.717, 1.165) is 63.2 Å². The maximum Gasteiger partial charge on any atom is 0.223 e. The zero-order valence-electron chi connectivity index (χ0n) is 24.7. The fourth-order valence-electron chi connectivity index (χ4n) is 6.18. The van der Waals surface area contributed by atoms with Gasteiger partial charge in [0.1, 0.15) is 0 Å². The summed E-state index contributed by atoms with van der Waals surface area (Å²) in [4.78, 5) is 32.3. The molecule has 1 fully saturated rings. The number of nitrogens with zero attached hydrogens (tertiary/aromatic N) is 3. The van der Waals surface area contributed by atoms with Crippen LogP contribution in [-0.2, 0) is 22.6 Å². The number of carbonyl (C=O) groups excluding carboxylic acids is 2. The first-order chi connectivity index (χ1) is 19.5. The van der Waals surface area contributed by atoms with Gasteiger partial charge in [0.15, 0.2) is 11.5 Å². The van der Waals surface area contributed by atoms with Crippen LogP contribution in [0, 0.1) is 0 Å². The smallest absolute Gasteiger partial charge is 0.223 e. The predicted molar refractivity (Wildman–Crippen MR) is 160 cm³/mol. The van der Waals surface area contributed by atoms with Crippen molar-refractivity contribution in [3.8, 4) is 11.5 Å². The van der Waals surface area contributed by atoms with Crippen molar-refractivity contribution in [2.45, 2.75) is 83.7 Å². The molecule has 0 bridgehead atoms. The summed E-state index contributed by atoms with van der Waals surface area (Å²) in [5, 5.41) is 0. The monoisotopic (exact) mass is 549 g/mol. The van der Waals surface area contributed by atoms with Gasteiger partial charge in [-0.15, -0.1) is 0 Å². The van der Waals surface area contributed by atoms with Crippen molar-refractivity contribution >= 4 is 17.5 Å². The number of rotatable bonds is 6. The third-order valence-electron chi connectivity index (χ3n) is 8.52. The number of methoxy groups -OCH3 is 2. The molecular weight excluding hydrogens is 502 g/mol. The number of benzene rings is 2. The molecule has 0 spiro atoms. The molecule has 7 heteroatoms. The highest BCUT2D eigenvalue weighted by Crippen LogP contribution is 2.29. The largest absolute Gasteiger partial charge is 0.493 e. The Morgan fingerprint density at radius 1 is 0.825 bits per heavy atom. The fourth-order valence-corrected chi connectivity index (χ4v) is 6.18. The van der Waals surface area contributed by atoms with E-state index >= 15 is 0 Å². The average molecular weight is 550 g/mol. The van der Waals surface area contributed by atoms with Gasteiger partial charge in [0.2, 0.25) is 11.8 Å². The molecule has 2 heterocycles. The van der Waals surface area contributed by atoms with Gasteiger partial charge < -0.3 is 19.3 Å². The van der Waals surface area contributed by atoms with Crippen LogP contribution in [0.15, 0.2) is 42.5 Å². The van der Waals surface area contributed by atoms with Crippen molar-refractivity contribution in [2.75, 3.05) is 45.3 Å². The SMILES string of the molecule is COc1ccc(CCC(=O)N2CCC(N3CCCCCCCCN(C(C)=O)c4ccccc4C3)CC2)cc1OC. The van der Waals surface area contributed by atoms with Crippen molar-refractivity contribution in [3.63, 3.8) is 0 Å². The van der Waals surface area contributed by atoms with Gasteiger partial charge in [0, 0.05) is 51.3 Å². The minimum atomic E-state index is 0.119. The van der Waals surface area contributed by atoms with E-state index in [9.17, 15) is 9.59 Å². The zero-order chi connectivity index (χ0) is 28.3. The number of hydrogen-bond acceptors (Lipinski definition) is 5. The van der Waals surface area contributed by atoms with Crippen LogP contribution in [0.4, 0.5) is 5.69 Å². The number of amides is 2. The molecule has 0 aromatic heterocycles. The van der Waals surface area contributed by atoms with Crippen molar-refractivity contribution in [1.29, 1.82) is 0 Å². The summed E-state index contributed by atoms with van der Waals surface area (Å²) in [7, 11) is 3.26. The molecule has 4 rings (SSSR count). The lowest BCUT2D eigenvalue weighted by molar-refractivity contribution is -0.132. The highest BCUT2D eigenvalue weighted by Gasteiger charge is 2.28. The highest BCUT2D eigenvalue weighted by atomic mass is 16.5. The van der Waals surface area contributed by atoms with Gasteiger partial charge >= 0.3 is 0 Å². The van der Waals surface area contributed by atoms with E-state index in [4.69, 9.17) is 9.47 Å². The van der Waals surface area contributed by atoms with Crippen LogP contribution in [0.5, 0.6) is 11.5 Å². The second kappa shape index (κ2) is 15.1. The van der Waals surface area contributed by atoms with Gasteiger partial charge in [-0.3, -0.25) is 14.5 Å². The lowest BCUT2D eigenvalue weighted by Gasteiger charge is -2.39. The molecule has 2 aromatic carbocycles. The highest BCUT2D eigenvalue weighted by molar-refractivity contribution is 5.92. The Bertz CT molecular complexity index is 1110. The molecule has 0 N–H and O–H groups in total. The van der Waals surface area contributed by atoms with E-state index in [1.807, 2.05) is 34.1 Å². The van der Waals surface area contributed by atoms with Crippen LogP contribution >= 0.6 is 0 Å². The quantitative estimate of drug-likeness (QED) is 0.453. The Morgan fingerprint density at radius 3 is 2.20 bits per heavy atom. The molecule has 0 atom stereocenters. The Balaban J connectivity index is 1.38. The number of aryl methyl sites for hydroxylation is 1. The van der Waals surface area contributed by atoms with Crippen molar-refractivity contribution < 1.29 is 19.1 Å². The maximum absolute atomic E-state index is 13.1. The molecule has 7 nitrogen and oxygen atoms in total. The second-order valence-electron chi connectivity index (χ2n) is 11.2. The molecule has 2 aliphatic rings. The summed E-state index contributed by atoms with van der Waals surface area (Å²) >= 11 is 0. The molecular formula is C33H47N3O4. The summed E-state index contributed by atoms with van der Waals surface area (Å²) in [6, 6.07) is 14.7. The van der Waals surface area contributed by atoms with Crippen LogP contribution in [0.2, 0.25) is 0 Å². The maximum atomic E-state index is 13.1. The number of hydrogen-bond donors (Lipinski definition) is 0. The van der Waals surface area contributed by atoms with E-state index in [-0.39, 0.29) is 11.8 Å². The minimum absolute atomic E-state index is 0.119. The average Bonchev–Trinajstić information content (AvgIpc) is 3.00. The number of para-hydroxylation sites is 1. The normalized spacial score (nSPS) is 18.2. The van der Waals surface area contributed by atoms with E-state index in [1.165, 1.54) is 37.7 Å². The number of fused-ring (bicyclic) bond motifs is 1. The van der Waals surface area contributed by atoms with E-state index in [0.29, 0.717) is 30.4 Å². The van der Waals surface area contributed by atoms with Gasteiger partial charge in [0.05, 0.1) is 14.2 Å². The number of likely N-dealkylation sites (tertiary alicyclic amines) is 1. The van der Waals surface area contributed by atoms with E-state index in [2.05, 4.69) is 23.1 Å². The van der Waals surface area contributed by atoms with Crippen LogP contribution in [0.3, 0.4) is 0 Å². The van der Waals surface area contributed by atoms with Gasteiger partial charge in [-0.05, 0) is 68.0 Å². The predicted octanol–water partition coefficient (Wildman–Crippen LogP) is 5.84. The van der Waals surface area contributed by atoms with Gasteiger partial charge in [-0.25, -0.2) is 0 Å². The molecule has 2 amide bonds. The number of carbonyl (C=O) groups is 2. The zero-order valence-corrected chi connectivity index (χ0v) is 24.7. The second-order valence-corrected chi connectivity index (χ2v) is 11.2. The number of piperidine rings is 1. The van der Waals surface area contributed by atoms with Crippen molar-refractivity contribution in [2.24, 2.45) is 0 Å². The van der Waals surface area contributed by atoms with Crippen LogP contribution in [0.1, 0.15) is 75.8 Å². The molecule has 1 saturated heterocycles. The van der Waals surface area contributed by atoms with Crippen molar-refractivity contribution in [1.82, 2.24) is 9.80 Å². The van der Waals surface area contributed by atoms with Gasteiger partial charge in [-0.2, -0.15) is 0 Å². The molecule has 0 aliphatic carbocycles. The first kappa shape index (κ1) is 29.9. The van der Waals surface area contributed by atoms with Gasteiger partial charge in [0.25, 0.3) is 0 Å². The summed E-state index contributed by atoms with van der Waals surface area (Å²) < 4.78 is 10.7. The third-order valence-corrected chi connectivity index (χ3v) is 8.52.